The molecule has 0 radical (unpaired) electrons. The number of ether oxygens (including phenoxy) is 3. The van der Waals surface area contributed by atoms with Crippen LogP contribution < -0.4 is 23.8 Å². The molecule has 0 saturated carbocycles. The Labute approximate surface area is 243 Å². The summed E-state index contributed by atoms with van der Waals surface area (Å²) >= 11 is 1.19. The molecule has 1 aliphatic heterocycles. The Balaban J connectivity index is 1.44. The molecule has 3 aromatic carbocycles. The molecule has 12 heteroatoms. The molecule has 0 fully saturated rings. The number of hydrogen-bond donors (Lipinski definition) is 1. The number of benzene rings is 3. The maximum atomic E-state index is 13.9. The fraction of sp³-hybridized carbons (Fsp3) is 0.276. The largest absolute Gasteiger partial charge is 0.497 e. The lowest BCUT2D eigenvalue weighted by Gasteiger charge is -2.35. The molecule has 0 bridgehead atoms. The highest BCUT2D eigenvalue weighted by Crippen LogP contribution is 2.40. The normalized spacial score (nSPS) is 15.0. The van der Waals surface area contributed by atoms with Gasteiger partial charge in [0.25, 0.3) is 15.9 Å². The highest BCUT2D eigenvalue weighted by Gasteiger charge is 2.38. The van der Waals surface area contributed by atoms with E-state index in [0.29, 0.717) is 22.2 Å². The maximum absolute atomic E-state index is 13.9. The molecule has 1 aliphatic rings. The van der Waals surface area contributed by atoms with Crippen LogP contribution in [0.2, 0.25) is 0 Å². The van der Waals surface area contributed by atoms with Crippen molar-refractivity contribution < 1.29 is 27.4 Å². The van der Waals surface area contributed by atoms with E-state index in [4.69, 9.17) is 14.2 Å². The molecule has 0 saturated heterocycles. The van der Waals surface area contributed by atoms with E-state index in [2.05, 4.69) is 15.5 Å². The number of amides is 1. The zero-order valence-electron chi connectivity index (χ0n) is 23.2. The molecule has 1 aromatic heterocycles. The number of aromatic nitrogens is 2. The molecule has 41 heavy (non-hydrogen) atoms. The van der Waals surface area contributed by atoms with E-state index < -0.39 is 22.0 Å². The monoisotopic (exact) mass is 594 g/mol. The van der Waals surface area contributed by atoms with Crippen molar-refractivity contribution in [2.24, 2.45) is 0 Å². The van der Waals surface area contributed by atoms with Crippen LogP contribution in [0.15, 0.2) is 71.6 Å². The van der Waals surface area contributed by atoms with Crippen LogP contribution in [-0.4, -0.2) is 51.4 Å². The molecule has 214 valence electrons. The summed E-state index contributed by atoms with van der Waals surface area (Å²) in [6, 6.07) is 18.8. The molecule has 0 unspecified atom stereocenters. The van der Waals surface area contributed by atoms with Crippen molar-refractivity contribution in [1.29, 1.82) is 0 Å². The van der Waals surface area contributed by atoms with Crippen molar-refractivity contribution in [3.05, 3.63) is 72.3 Å². The van der Waals surface area contributed by atoms with Crippen LogP contribution in [-0.2, 0) is 20.2 Å². The molecule has 2 heterocycles. The highest BCUT2D eigenvalue weighted by atomic mass is 32.2. The summed E-state index contributed by atoms with van der Waals surface area (Å²) in [7, 11) is -0.957. The lowest BCUT2D eigenvalue weighted by atomic mass is 9.86. The van der Waals surface area contributed by atoms with Crippen LogP contribution in [0.25, 0.3) is 10.6 Å². The van der Waals surface area contributed by atoms with Gasteiger partial charge < -0.3 is 14.2 Å². The first-order valence-electron chi connectivity index (χ1n) is 12.8. The summed E-state index contributed by atoms with van der Waals surface area (Å²) in [6.45, 7) is 5.89. The molecule has 5 rings (SSSR count). The smallest absolute Gasteiger partial charge is 0.269 e. The number of anilines is 2. The maximum Gasteiger partial charge on any atom is 0.269 e. The van der Waals surface area contributed by atoms with Gasteiger partial charge in [0.15, 0.2) is 6.10 Å². The number of fused-ring (bicyclic) bond motifs is 1. The third kappa shape index (κ3) is 5.84. The van der Waals surface area contributed by atoms with E-state index in [9.17, 15) is 13.2 Å². The third-order valence-corrected chi connectivity index (χ3v) is 9.31. The third-order valence-electron chi connectivity index (χ3n) is 6.63. The van der Waals surface area contributed by atoms with Crippen LogP contribution in [0, 0.1) is 0 Å². The molecule has 4 aromatic rings. The summed E-state index contributed by atoms with van der Waals surface area (Å²) in [5.41, 5.74) is 1.88. The van der Waals surface area contributed by atoms with Gasteiger partial charge in [-0.25, -0.2) is 8.42 Å². The van der Waals surface area contributed by atoms with Gasteiger partial charge in [0.05, 0.1) is 31.3 Å². The Morgan fingerprint density at radius 2 is 1.61 bits per heavy atom. The van der Waals surface area contributed by atoms with Crippen molar-refractivity contribution in [3.63, 3.8) is 0 Å². The summed E-state index contributed by atoms with van der Waals surface area (Å²) in [4.78, 5) is 13.4. The van der Waals surface area contributed by atoms with Gasteiger partial charge in [-0.05, 0) is 71.6 Å². The highest BCUT2D eigenvalue weighted by molar-refractivity contribution is 7.92. The Bertz CT molecular complexity index is 1660. The minimum absolute atomic E-state index is 0.0692. The average molecular weight is 595 g/mol. The zero-order chi connectivity index (χ0) is 29.4. The predicted molar refractivity (Wildman–Crippen MR) is 158 cm³/mol. The lowest BCUT2D eigenvalue weighted by molar-refractivity contribution is -0.122. The van der Waals surface area contributed by atoms with Crippen LogP contribution in [0.1, 0.15) is 26.3 Å². The van der Waals surface area contributed by atoms with Gasteiger partial charge in [0.2, 0.25) is 5.13 Å². The van der Waals surface area contributed by atoms with Gasteiger partial charge in [-0.2, -0.15) is 0 Å². The number of nitrogens with one attached hydrogen (secondary N) is 1. The van der Waals surface area contributed by atoms with Crippen molar-refractivity contribution in [1.82, 2.24) is 10.2 Å². The molecular formula is C29H30N4O6S2. The van der Waals surface area contributed by atoms with Crippen molar-refractivity contribution in [2.45, 2.75) is 37.2 Å². The fourth-order valence-electron chi connectivity index (χ4n) is 4.27. The van der Waals surface area contributed by atoms with Gasteiger partial charge >= 0.3 is 0 Å². The summed E-state index contributed by atoms with van der Waals surface area (Å²) in [5, 5.41) is 11.9. The van der Waals surface area contributed by atoms with Gasteiger partial charge in [-0.1, -0.05) is 38.2 Å². The number of sulfonamides is 1. The Hall–Kier alpha value is -4.16. The predicted octanol–water partition coefficient (Wildman–Crippen LogP) is 5.11. The molecule has 1 atom stereocenters. The number of carbonyl (C=O) groups excluding carboxylic acids is 1. The van der Waals surface area contributed by atoms with Crippen LogP contribution in [0.5, 0.6) is 17.2 Å². The second-order valence-electron chi connectivity index (χ2n) is 10.4. The first-order valence-corrected chi connectivity index (χ1v) is 15.0. The Morgan fingerprint density at radius 1 is 0.976 bits per heavy atom. The lowest BCUT2D eigenvalue weighted by Crippen LogP contribution is -2.49. The first-order chi connectivity index (χ1) is 19.5. The van der Waals surface area contributed by atoms with E-state index in [-0.39, 0.29) is 27.7 Å². The average Bonchev–Trinajstić information content (AvgIpc) is 3.44. The van der Waals surface area contributed by atoms with Gasteiger partial charge in [0, 0.05) is 5.56 Å². The van der Waals surface area contributed by atoms with Crippen LogP contribution in [0.4, 0.5) is 10.8 Å². The van der Waals surface area contributed by atoms with Crippen molar-refractivity contribution in [3.8, 4) is 27.8 Å². The minimum atomic E-state index is -4.06. The topological polar surface area (TPSA) is 120 Å². The Morgan fingerprint density at radius 3 is 2.22 bits per heavy atom. The summed E-state index contributed by atoms with van der Waals surface area (Å²) in [6.07, 6.45) is -1.13. The van der Waals surface area contributed by atoms with Crippen molar-refractivity contribution in [2.75, 3.05) is 30.4 Å². The zero-order valence-corrected chi connectivity index (χ0v) is 24.9. The summed E-state index contributed by atoms with van der Waals surface area (Å²) in [5.74, 6) is 0.996. The van der Waals surface area contributed by atoms with Crippen LogP contribution >= 0.6 is 11.3 Å². The molecule has 10 nitrogen and oxygen atoms in total. The van der Waals surface area contributed by atoms with Gasteiger partial charge in [-0.15, -0.1) is 10.2 Å². The van der Waals surface area contributed by atoms with E-state index >= 15 is 0 Å². The second kappa shape index (κ2) is 11.0. The fourth-order valence-corrected chi connectivity index (χ4v) is 6.49. The van der Waals surface area contributed by atoms with E-state index in [0.717, 1.165) is 11.1 Å². The van der Waals surface area contributed by atoms with E-state index in [1.54, 1.807) is 31.4 Å². The standard InChI is InChI=1S/C29H30N4O6S2/c1-29(2,3)19-8-15-24-23(16-19)33(41(35,36)22-13-11-21(38-5)12-14-22)17-25(39-24)26(34)30-28-32-31-27(40-28)18-6-9-20(37-4)10-7-18/h6-16,25H,17H2,1-5H3,(H,30,32,34)/t25-/m1/s1. The quantitative estimate of drug-likeness (QED) is 0.313. The van der Waals surface area contributed by atoms with Crippen molar-refractivity contribution >= 4 is 38.1 Å². The van der Waals surface area contributed by atoms with Gasteiger partial charge in [-0.3, -0.25) is 14.4 Å². The number of rotatable bonds is 7. The number of methoxy groups -OCH3 is 2. The minimum Gasteiger partial charge on any atom is -0.497 e. The number of nitrogens with zero attached hydrogens (tertiary/aromatic N) is 3. The first kappa shape index (κ1) is 28.4. The molecule has 0 aliphatic carbocycles. The van der Waals surface area contributed by atoms with E-state index in [1.165, 1.54) is 34.9 Å². The molecule has 1 N–H and O–H groups in total. The van der Waals surface area contributed by atoms with Crippen LogP contribution in [0.3, 0.4) is 0 Å². The number of carbonyl (C=O) groups is 1. The SMILES string of the molecule is COc1ccc(-c2nnc(NC(=O)[C@H]3CN(S(=O)(=O)c4ccc(OC)cc4)c4cc(C(C)(C)C)ccc4O3)s2)cc1. The molecule has 1 amide bonds. The Kier molecular flexibility index (Phi) is 7.62. The summed E-state index contributed by atoms with van der Waals surface area (Å²) < 4.78 is 45.5. The molecule has 0 spiro atoms. The van der Waals surface area contributed by atoms with E-state index in [1.807, 2.05) is 51.1 Å². The van der Waals surface area contributed by atoms with Gasteiger partial charge in [0.1, 0.15) is 22.3 Å². The number of hydrogen-bond acceptors (Lipinski definition) is 9. The second-order valence-corrected chi connectivity index (χ2v) is 13.2. The molecular weight excluding hydrogens is 564 g/mol.